The first-order valence-electron chi connectivity index (χ1n) is 20.0. The minimum atomic E-state index is -1.01. The summed E-state index contributed by atoms with van der Waals surface area (Å²) in [6.07, 6.45) is 0.162. The molecule has 20 heteroatoms. The van der Waals surface area contributed by atoms with E-state index in [1.807, 2.05) is 0 Å². The molecule has 0 aliphatic carbocycles. The number of fused-ring (bicyclic) bond motifs is 1. The van der Waals surface area contributed by atoms with Crippen molar-refractivity contribution in [2.45, 2.75) is 25.8 Å². The number of esters is 1. The molecule has 1 aromatic rings. The highest BCUT2D eigenvalue weighted by atomic mass is 16.6. The SMILES string of the molecule is CC(=O)OCCOCCOCCOCCOCCOCCOCCOCCOCCOCCOCCOCCNc1cccc2c1C(=O)N(C1CCC(=O)NC1=O)C2=O. The molecule has 0 spiro atoms. The van der Waals surface area contributed by atoms with Crippen LogP contribution in [0.1, 0.15) is 40.5 Å². The molecule has 0 bridgehead atoms. The molecular weight excluding hydrogens is 782 g/mol. The molecule has 2 heterocycles. The van der Waals surface area contributed by atoms with Crippen molar-refractivity contribution in [3.8, 4) is 0 Å². The molecule has 0 saturated carbocycles. The Balaban J connectivity index is 0.983. The van der Waals surface area contributed by atoms with E-state index >= 15 is 0 Å². The summed E-state index contributed by atoms with van der Waals surface area (Å²) in [7, 11) is 0. The van der Waals surface area contributed by atoms with Crippen LogP contribution in [-0.2, 0) is 71.2 Å². The molecule has 1 aromatic carbocycles. The van der Waals surface area contributed by atoms with Gasteiger partial charge >= 0.3 is 5.97 Å². The molecule has 3 rings (SSSR count). The van der Waals surface area contributed by atoms with E-state index in [-0.39, 0.29) is 36.5 Å². The summed E-state index contributed by atoms with van der Waals surface area (Å²) in [5.41, 5.74) is 0.895. The van der Waals surface area contributed by atoms with Crippen molar-refractivity contribution in [1.29, 1.82) is 0 Å². The first-order valence-corrected chi connectivity index (χ1v) is 20.0. The quantitative estimate of drug-likeness (QED) is 0.0517. The predicted molar refractivity (Wildman–Crippen MR) is 207 cm³/mol. The molecule has 20 nitrogen and oxygen atoms in total. The minimum absolute atomic E-state index is 0.0621. The van der Waals surface area contributed by atoms with Gasteiger partial charge in [-0.2, -0.15) is 0 Å². The number of hydrogen-bond acceptors (Lipinski definition) is 18. The maximum atomic E-state index is 13.2. The number of nitrogens with one attached hydrogen (secondary N) is 2. The normalized spacial score (nSPS) is 15.2. The number of nitrogens with zero attached hydrogens (tertiary/aromatic N) is 1. The van der Waals surface area contributed by atoms with E-state index in [2.05, 4.69) is 10.6 Å². The van der Waals surface area contributed by atoms with Crippen LogP contribution in [0.5, 0.6) is 0 Å². The zero-order valence-electron chi connectivity index (χ0n) is 34.1. The summed E-state index contributed by atoms with van der Waals surface area (Å²) in [5, 5.41) is 5.33. The third-order valence-corrected chi connectivity index (χ3v) is 8.28. The molecule has 59 heavy (non-hydrogen) atoms. The highest BCUT2D eigenvalue weighted by Crippen LogP contribution is 2.32. The number of carbonyl (C=O) groups excluding carboxylic acids is 5. The number of amides is 4. The van der Waals surface area contributed by atoms with Gasteiger partial charge in [-0.1, -0.05) is 6.07 Å². The maximum Gasteiger partial charge on any atom is 0.302 e. The van der Waals surface area contributed by atoms with Crippen LogP contribution in [0.25, 0.3) is 0 Å². The molecule has 1 atom stereocenters. The average Bonchev–Trinajstić information content (AvgIpc) is 3.47. The number of imide groups is 2. The third kappa shape index (κ3) is 21.4. The van der Waals surface area contributed by atoms with Crippen molar-refractivity contribution in [2.24, 2.45) is 0 Å². The molecule has 2 aliphatic rings. The molecule has 1 unspecified atom stereocenters. The smallest absolute Gasteiger partial charge is 0.302 e. The van der Waals surface area contributed by atoms with Gasteiger partial charge in [0.1, 0.15) is 12.6 Å². The molecule has 1 saturated heterocycles. The lowest BCUT2D eigenvalue weighted by atomic mass is 10.0. The number of ether oxygens (including phenoxy) is 12. The van der Waals surface area contributed by atoms with Crippen LogP contribution in [0.3, 0.4) is 0 Å². The summed E-state index contributed by atoms with van der Waals surface area (Å²) in [6, 6.07) is 3.89. The standard InChI is InChI=1S/C39H61N3O17/c1-31(43)59-30-29-58-28-27-57-26-25-56-24-23-55-22-21-54-20-19-53-18-17-52-16-15-51-14-13-50-12-11-49-10-9-48-8-7-40-33-4-2-3-32-36(33)39(47)42(38(32)46)34-5-6-35(44)41-37(34)45/h2-4,34,40H,5-30H2,1H3,(H,41,44,45). The third-order valence-electron chi connectivity index (χ3n) is 8.28. The van der Waals surface area contributed by atoms with Gasteiger partial charge in [-0.05, 0) is 18.6 Å². The van der Waals surface area contributed by atoms with Gasteiger partial charge in [0, 0.05) is 25.6 Å². The van der Waals surface area contributed by atoms with Crippen molar-refractivity contribution in [3.05, 3.63) is 29.3 Å². The highest BCUT2D eigenvalue weighted by molar-refractivity contribution is 6.25. The van der Waals surface area contributed by atoms with Crippen LogP contribution in [0, 0.1) is 0 Å². The van der Waals surface area contributed by atoms with Gasteiger partial charge in [0.15, 0.2) is 0 Å². The molecule has 2 N–H and O–H groups in total. The van der Waals surface area contributed by atoms with Gasteiger partial charge in [0.25, 0.3) is 11.8 Å². The first kappa shape index (κ1) is 49.7. The monoisotopic (exact) mass is 843 g/mol. The molecule has 0 radical (unpaired) electrons. The van der Waals surface area contributed by atoms with Crippen molar-refractivity contribution in [2.75, 3.05) is 164 Å². The van der Waals surface area contributed by atoms with Crippen molar-refractivity contribution in [1.82, 2.24) is 10.2 Å². The van der Waals surface area contributed by atoms with Crippen molar-refractivity contribution < 1.29 is 80.8 Å². The maximum absolute atomic E-state index is 13.2. The van der Waals surface area contributed by atoms with E-state index in [0.29, 0.717) is 158 Å². The van der Waals surface area contributed by atoms with E-state index in [9.17, 15) is 24.0 Å². The van der Waals surface area contributed by atoms with Crippen LogP contribution >= 0.6 is 0 Å². The lowest BCUT2D eigenvalue weighted by Crippen LogP contribution is -2.54. The molecule has 2 aliphatic heterocycles. The fraction of sp³-hybridized carbons (Fsp3) is 0.718. The largest absolute Gasteiger partial charge is 0.463 e. The Morgan fingerprint density at radius 1 is 0.576 bits per heavy atom. The fourth-order valence-electron chi connectivity index (χ4n) is 5.47. The number of hydrogen-bond donors (Lipinski definition) is 2. The zero-order valence-corrected chi connectivity index (χ0v) is 34.1. The number of carbonyl (C=O) groups is 5. The Hall–Kier alpha value is -3.67. The Kier molecular flexibility index (Phi) is 27.1. The number of piperidine rings is 1. The van der Waals surface area contributed by atoms with Gasteiger partial charge in [0.05, 0.1) is 156 Å². The lowest BCUT2D eigenvalue weighted by Gasteiger charge is -2.27. The first-order chi connectivity index (χ1) is 28.9. The predicted octanol–water partition coefficient (Wildman–Crippen LogP) is 0.245. The van der Waals surface area contributed by atoms with E-state index in [0.717, 1.165) is 4.90 Å². The zero-order chi connectivity index (χ0) is 42.2. The van der Waals surface area contributed by atoms with Crippen molar-refractivity contribution in [3.63, 3.8) is 0 Å². The van der Waals surface area contributed by atoms with Crippen LogP contribution in [0.15, 0.2) is 18.2 Å². The topological polar surface area (TPSA) is 223 Å². The van der Waals surface area contributed by atoms with Gasteiger partial charge in [0.2, 0.25) is 11.8 Å². The summed E-state index contributed by atoms with van der Waals surface area (Å²) in [6.45, 7) is 11.6. The number of rotatable bonds is 38. The summed E-state index contributed by atoms with van der Waals surface area (Å²) in [5.74, 6) is -2.50. The Morgan fingerprint density at radius 2 is 0.966 bits per heavy atom. The van der Waals surface area contributed by atoms with Gasteiger partial charge in [-0.15, -0.1) is 0 Å². The Morgan fingerprint density at radius 3 is 1.36 bits per heavy atom. The van der Waals surface area contributed by atoms with Gasteiger partial charge < -0.3 is 62.2 Å². The summed E-state index contributed by atoms with van der Waals surface area (Å²) < 4.78 is 64.8. The molecule has 334 valence electrons. The second kappa shape index (κ2) is 32.1. The Bertz CT molecular complexity index is 1370. The van der Waals surface area contributed by atoms with Crippen LogP contribution in [0.2, 0.25) is 0 Å². The molecule has 4 amide bonds. The van der Waals surface area contributed by atoms with Crippen molar-refractivity contribution >= 4 is 35.3 Å². The summed E-state index contributed by atoms with van der Waals surface area (Å²) >= 11 is 0. The molecule has 1 fully saturated rings. The van der Waals surface area contributed by atoms with Gasteiger partial charge in [-0.3, -0.25) is 34.2 Å². The number of anilines is 1. The van der Waals surface area contributed by atoms with E-state index in [4.69, 9.17) is 56.8 Å². The van der Waals surface area contributed by atoms with E-state index in [1.165, 1.54) is 6.92 Å². The number of benzene rings is 1. The van der Waals surface area contributed by atoms with Crippen LogP contribution < -0.4 is 10.6 Å². The average molecular weight is 844 g/mol. The van der Waals surface area contributed by atoms with Gasteiger partial charge in [-0.25, -0.2) is 0 Å². The van der Waals surface area contributed by atoms with Crippen LogP contribution in [-0.4, -0.2) is 199 Å². The second-order valence-electron chi connectivity index (χ2n) is 12.7. The Labute approximate surface area is 344 Å². The lowest BCUT2D eigenvalue weighted by molar-refractivity contribution is -0.142. The van der Waals surface area contributed by atoms with Crippen LogP contribution in [0.4, 0.5) is 5.69 Å². The summed E-state index contributed by atoms with van der Waals surface area (Å²) in [4.78, 5) is 61.5. The molecular formula is C39H61N3O17. The second-order valence-corrected chi connectivity index (χ2v) is 12.7. The van der Waals surface area contributed by atoms with E-state index in [1.54, 1.807) is 18.2 Å². The molecule has 0 aromatic heterocycles. The van der Waals surface area contributed by atoms with E-state index < -0.39 is 29.7 Å². The minimum Gasteiger partial charge on any atom is -0.463 e. The fourth-order valence-corrected chi connectivity index (χ4v) is 5.47. The highest BCUT2D eigenvalue weighted by Gasteiger charge is 2.45.